The van der Waals surface area contributed by atoms with E-state index in [0.29, 0.717) is 0 Å². The van der Waals surface area contributed by atoms with E-state index < -0.39 is 8.07 Å². The van der Waals surface area contributed by atoms with Gasteiger partial charge in [-0.15, -0.1) is 0 Å². The lowest BCUT2D eigenvalue weighted by Gasteiger charge is -2.45. The molecule has 11 aromatic rings. The highest BCUT2D eigenvalue weighted by molar-refractivity contribution is 7.21. The third-order valence-corrected chi connectivity index (χ3v) is 16.5. The molecular weight excluding hydrogens is 717 g/mol. The molecule has 0 saturated carbocycles. The maximum absolute atomic E-state index is 6.90. The number of imidazole rings is 1. The van der Waals surface area contributed by atoms with Crippen molar-refractivity contribution in [1.82, 2.24) is 14.4 Å². The monoisotopic (exact) mass is 748 g/mol. The molecule has 6 nitrogen and oxygen atoms in total. The van der Waals surface area contributed by atoms with Gasteiger partial charge < -0.3 is 9.15 Å². The van der Waals surface area contributed by atoms with Crippen LogP contribution in [0.25, 0.3) is 49.3 Å². The molecule has 0 fully saturated rings. The van der Waals surface area contributed by atoms with E-state index >= 15 is 0 Å². The van der Waals surface area contributed by atoms with Crippen molar-refractivity contribution >= 4 is 95.3 Å². The van der Waals surface area contributed by atoms with E-state index in [0.717, 1.165) is 72.6 Å². The quantitative estimate of drug-likeness (QED) is 0.130. The molecule has 0 N–H and O–H groups in total. The number of hydrogen-bond donors (Lipinski definition) is 0. The third-order valence-electron chi connectivity index (χ3n) is 11.6. The Kier molecular flexibility index (Phi) is 6.85. The standard InChI is InChI=1S/C50H32N4O2Si/c1-3-13-35(14-4-1)57(36-15-5-2-6-16-36)45-26-23-34(55-33-22-24-37-38-17-7-9-19-41(38)53-30-29-52-50(53)40(37)31-33)32-42(45)54(47-21-11-12-28-51-47)49-46(57)27-25-44-48(49)39-18-8-10-20-43(39)56-44/h1-32H. The van der Waals surface area contributed by atoms with Crippen molar-refractivity contribution in [3.63, 3.8) is 0 Å². The summed E-state index contributed by atoms with van der Waals surface area (Å²) in [5.41, 5.74) is 5.82. The van der Waals surface area contributed by atoms with Gasteiger partial charge in [0, 0.05) is 40.8 Å². The molecule has 12 rings (SSSR count). The van der Waals surface area contributed by atoms with Crippen LogP contribution in [0.2, 0.25) is 0 Å². The molecule has 7 heteroatoms. The normalized spacial score (nSPS) is 13.4. The van der Waals surface area contributed by atoms with E-state index in [1.54, 1.807) is 0 Å². The Morgan fingerprint density at radius 3 is 2.02 bits per heavy atom. The first kappa shape index (κ1) is 31.8. The highest BCUT2D eigenvalue weighted by Gasteiger charge is 2.50. The van der Waals surface area contributed by atoms with Crippen LogP contribution in [0.15, 0.2) is 199 Å². The van der Waals surface area contributed by atoms with Crippen LogP contribution in [0.3, 0.4) is 0 Å². The topological polar surface area (TPSA) is 55.8 Å². The lowest BCUT2D eigenvalue weighted by molar-refractivity contribution is 0.484. The predicted octanol–water partition coefficient (Wildman–Crippen LogP) is 9.89. The third kappa shape index (κ3) is 4.57. The molecular formula is C50H32N4O2Si. The van der Waals surface area contributed by atoms with E-state index in [4.69, 9.17) is 19.1 Å². The summed E-state index contributed by atoms with van der Waals surface area (Å²) in [6.45, 7) is 0. The first-order chi connectivity index (χ1) is 28.3. The average Bonchev–Trinajstić information content (AvgIpc) is 3.93. The number of aromatic nitrogens is 3. The highest BCUT2D eigenvalue weighted by atomic mass is 28.3. The molecule has 57 heavy (non-hydrogen) atoms. The molecule has 0 aliphatic carbocycles. The van der Waals surface area contributed by atoms with Gasteiger partial charge in [0.15, 0.2) is 8.07 Å². The van der Waals surface area contributed by atoms with Gasteiger partial charge >= 0.3 is 0 Å². The van der Waals surface area contributed by atoms with Crippen molar-refractivity contribution in [3.8, 4) is 11.5 Å². The molecule has 7 aromatic carbocycles. The minimum atomic E-state index is -3.01. The Labute approximate surface area is 328 Å². The Morgan fingerprint density at radius 2 is 1.21 bits per heavy atom. The van der Waals surface area contributed by atoms with E-state index in [1.807, 2.05) is 30.7 Å². The van der Waals surface area contributed by atoms with Gasteiger partial charge in [-0.25, -0.2) is 9.97 Å². The summed E-state index contributed by atoms with van der Waals surface area (Å²) in [6, 6.07) is 62.5. The summed E-state index contributed by atoms with van der Waals surface area (Å²) < 4.78 is 15.6. The minimum Gasteiger partial charge on any atom is -0.457 e. The summed E-state index contributed by atoms with van der Waals surface area (Å²) in [5.74, 6) is 2.28. The fourth-order valence-electron chi connectivity index (χ4n) is 9.32. The molecule has 1 aliphatic rings. The van der Waals surface area contributed by atoms with Gasteiger partial charge in [0.25, 0.3) is 0 Å². The molecule has 268 valence electrons. The average molecular weight is 749 g/mol. The van der Waals surface area contributed by atoms with Crippen LogP contribution in [0.4, 0.5) is 17.2 Å². The van der Waals surface area contributed by atoms with Crippen molar-refractivity contribution in [1.29, 1.82) is 0 Å². The number of furan rings is 1. The van der Waals surface area contributed by atoms with Gasteiger partial charge in [-0.1, -0.05) is 115 Å². The van der Waals surface area contributed by atoms with Crippen LogP contribution in [0.1, 0.15) is 0 Å². The van der Waals surface area contributed by atoms with E-state index in [1.165, 1.54) is 26.1 Å². The first-order valence-corrected chi connectivity index (χ1v) is 21.1. The number of anilines is 3. The molecule has 0 saturated heterocycles. The molecule has 0 radical (unpaired) electrons. The fraction of sp³-hybridized carbons (Fsp3) is 0. The second-order valence-electron chi connectivity index (χ2n) is 14.6. The number of fused-ring (bicyclic) bond motifs is 12. The van der Waals surface area contributed by atoms with Crippen molar-refractivity contribution < 1.29 is 9.15 Å². The molecule has 0 spiro atoms. The summed E-state index contributed by atoms with van der Waals surface area (Å²) in [6.07, 6.45) is 5.75. The fourth-order valence-corrected chi connectivity index (χ4v) is 14.4. The van der Waals surface area contributed by atoms with Crippen LogP contribution >= 0.6 is 0 Å². The SMILES string of the molecule is c1ccc([Si]2(c3ccccc3)c3ccc(Oc4ccc5c6ccccc6n6ccnc6c5c4)cc3N(c3ccccn3)c3c2ccc2oc4ccccc4c32)cc1. The van der Waals surface area contributed by atoms with E-state index in [2.05, 4.69) is 173 Å². The maximum Gasteiger partial charge on any atom is 0.184 e. The number of nitrogens with zero attached hydrogens (tertiary/aromatic N) is 4. The number of ether oxygens (including phenoxy) is 1. The van der Waals surface area contributed by atoms with Gasteiger partial charge in [0.2, 0.25) is 0 Å². The van der Waals surface area contributed by atoms with Crippen molar-refractivity contribution in [2.75, 3.05) is 4.90 Å². The molecule has 5 heterocycles. The minimum absolute atomic E-state index is 0.728. The largest absolute Gasteiger partial charge is 0.457 e. The van der Waals surface area contributed by atoms with Crippen LogP contribution in [0.5, 0.6) is 11.5 Å². The van der Waals surface area contributed by atoms with E-state index in [-0.39, 0.29) is 0 Å². The smallest absolute Gasteiger partial charge is 0.184 e. The van der Waals surface area contributed by atoms with Crippen LogP contribution in [0, 0.1) is 0 Å². The van der Waals surface area contributed by atoms with Gasteiger partial charge in [0.05, 0.1) is 22.3 Å². The van der Waals surface area contributed by atoms with Crippen molar-refractivity contribution in [3.05, 3.63) is 195 Å². The first-order valence-electron chi connectivity index (χ1n) is 19.1. The lowest BCUT2D eigenvalue weighted by atomic mass is 10.1. The second kappa shape index (κ2) is 12.3. The zero-order valence-corrected chi connectivity index (χ0v) is 31.6. The zero-order chi connectivity index (χ0) is 37.5. The summed E-state index contributed by atoms with van der Waals surface area (Å²) in [7, 11) is -3.01. The number of hydrogen-bond acceptors (Lipinski definition) is 5. The van der Waals surface area contributed by atoms with Crippen LogP contribution < -0.4 is 30.4 Å². The number of rotatable bonds is 5. The summed E-state index contributed by atoms with van der Waals surface area (Å²) in [5, 5.41) is 10.6. The maximum atomic E-state index is 6.90. The zero-order valence-electron chi connectivity index (χ0n) is 30.6. The van der Waals surface area contributed by atoms with Gasteiger partial charge in [0.1, 0.15) is 34.1 Å². The predicted molar refractivity (Wildman–Crippen MR) is 234 cm³/mol. The lowest BCUT2D eigenvalue weighted by Crippen LogP contribution is -2.77. The van der Waals surface area contributed by atoms with Gasteiger partial charge in [-0.2, -0.15) is 0 Å². The molecule has 4 aromatic heterocycles. The highest BCUT2D eigenvalue weighted by Crippen LogP contribution is 2.46. The Bertz CT molecular complexity index is 3300. The van der Waals surface area contributed by atoms with E-state index in [9.17, 15) is 0 Å². The Balaban J connectivity index is 1.15. The van der Waals surface area contributed by atoms with Crippen molar-refractivity contribution in [2.24, 2.45) is 0 Å². The Hall–Kier alpha value is -7.48. The van der Waals surface area contributed by atoms with Crippen LogP contribution in [-0.2, 0) is 0 Å². The summed E-state index contributed by atoms with van der Waals surface area (Å²) in [4.78, 5) is 12.1. The Morgan fingerprint density at radius 1 is 0.509 bits per heavy atom. The molecule has 0 atom stereocenters. The van der Waals surface area contributed by atoms with Crippen LogP contribution in [-0.4, -0.2) is 22.4 Å². The number of pyridine rings is 2. The molecule has 0 bridgehead atoms. The molecule has 0 unspecified atom stereocenters. The van der Waals surface area contributed by atoms with Gasteiger partial charge in [-0.3, -0.25) is 9.30 Å². The molecule has 0 amide bonds. The van der Waals surface area contributed by atoms with Gasteiger partial charge in [-0.05, 0) is 80.7 Å². The number of benzene rings is 7. The number of para-hydroxylation sites is 2. The molecule has 1 aliphatic heterocycles. The van der Waals surface area contributed by atoms with Crippen molar-refractivity contribution in [2.45, 2.75) is 0 Å². The summed E-state index contributed by atoms with van der Waals surface area (Å²) >= 11 is 0. The second-order valence-corrected chi connectivity index (χ2v) is 18.3.